The third-order valence-electron chi connectivity index (χ3n) is 6.15. The third kappa shape index (κ3) is 4.70. The van der Waals surface area contributed by atoms with Crippen LogP contribution in [0.15, 0.2) is 69.7 Å². The molecule has 8 heteroatoms. The number of nitrogens with zero attached hydrogens (tertiary/aromatic N) is 5. The Balaban J connectivity index is 1.26. The van der Waals surface area contributed by atoms with Gasteiger partial charge in [-0.15, -0.1) is 11.3 Å². The van der Waals surface area contributed by atoms with Crippen molar-refractivity contribution in [2.75, 3.05) is 37.6 Å². The summed E-state index contributed by atoms with van der Waals surface area (Å²) < 4.78 is 5.55. The zero-order chi connectivity index (χ0) is 22.6. The van der Waals surface area contributed by atoms with Gasteiger partial charge in [-0.3, -0.25) is 9.69 Å². The molecule has 1 amide bonds. The first-order valence-electron chi connectivity index (χ1n) is 11.2. The fraction of sp³-hybridized carbons (Fsp3) is 0.320. The molecule has 3 aromatic rings. The smallest absolute Gasteiger partial charge is 0.257 e. The Morgan fingerprint density at radius 2 is 2.00 bits per heavy atom. The number of hydrogen-bond donors (Lipinski definition) is 0. The number of hydrazone groups is 1. The van der Waals surface area contributed by atoms with E-state index in [1.165, 1.54) is 0 Å². The maximum absolute atomic E-state index is 13.4. The van der Waals surface area contributed by atoms with Crippen LogP contribution in [0, 0.1) is 11.3 Å². The van der Waals surface area contributed by atoms with E-state index in [2.05, 4.69) is 27.0 Å². The second-order valence-electron chi connectivity index (χ2n) is 8.27. The van der Waals surface area contributed by atoms with Gasteiger partial charge in [0.2, 0.25) is 0 Å². The van der Waals surface area contributed by atoms with Gasteiger partial charge in [-0.2, -0.15) is 10.4 Å². The van der Waals surface area contributed by atoms with Crippen LogP contribution in [0.3, 0.4) is 0 Å². The average molecular weight is 460 g/mol. The van der Waals surface area contributed by atoms with Crippen molar-refractivity contribution in [1.29, 1.82) is 5.26 Å². The summed E-state index contributed by atoms with van der Waals surface area (Å²) in [4.78, 5) is 19.1. The monoisotopic (exact) mass is 459 g/mol. The van der Waals surface area contributed by atoms with E-state index < -0.39 is 0 Å². The number of rotatable bonds is 5. The molecule has 1 fully saturated rings. The second kappa shape index (κ2) is 9.61. The summed E-state index contributed by atoms with van der Waals surface area (Å²) in [7, 11) is 0. The molecule has 0 aliphatic carbocycles. The lowest BCUT2D eigenvalue weighted by Crippen LogP contribution is -2.40. The SMILES string of the molecule is N#Cc1ccc(N2CCCN(CC(=O)N3N=C(c4ccco4)CC3c3cccs3)CC2)cc1. The third-order valence-corrected chi connectivity index (χ3v) is 7.13. The molecule has 0 N–H and O–H groups in total. The molecule has 7 nitrogen and oxygen atoms in total. The van der Waals surface area contributed by atoms with Crippen LogP contribution in [-0.4, -0.2) is 54.3 Å². The minimum atomic E-state index is -0.0836. The molecule has 1 unspecified atom stereocenters. The Labute approximate surface area is 197 Å². The summed E-state index contributed by atoms with van der Waals surface area (Å²) in [6.07, 6.45) is 3.27. The topological polar surface area (TPSA) is 76.1 Å². The van der Waals surface area contributed by atoms with Gasteiger partial charge in [-0.25, -0.2) is 5.01 Å². The second-order valence-corrected chi connectivity index (χ2v) is 9.25. The standard InChI is InChI=1S/C25H25N5O2S/c26-17-19-6-8-20(9-7-19)29-11-3-10-28(12-13-29)18-25(31)30-22(24-5-2-15-33-24)16-21(27-30)23-4-1-14-32-23/h1-2,4-9,14-15,22H,3,10-13,16,18H2. The summed E-state index contributed by atoms with van der Waals surface area (Å²) in [6, 6.07) is 17.6. The highest BCUT2D eigenvalue weighted by atomic mass is 32.1. The van der Waals surface area contributed by atoms with Gasteiger partial charge in [0.05, 0.1) is 30.5 Å². The molecule has 5 rings (SSSR count). The first kappa shape index (κ1) is 21.4. The molecule has 1 aromatic carbocycles. The molecule has 0 radical (unpaired) electrons. The maximum Gasteiger partial charge on any atom is 0.257 e. The van der Waals surface area contributed by atoms with Crippen LogP contribution >= 0.6 is 11.3 Å². The van der Waals surface area contributed by atoms with E-state index in [1.807, 2.05) is 47.8 Å². The largest absolute Gasteiger partial charge is 0.463 e. The lowest BCUT2D eigenvalue weighted by Gasteiger charge is -2.26. The van der Waals surface area contributed by atoms with E-state index in [9.17, 15) is 4.79 Å². The fourth-order valence-corrected chi connectivity index (χ4v) is 5.24. The molecule has 1 saturated heterocycles. The van der Waals surface area contributed by atoms with Gasteiger partial charge < -0.3 is 9.32 Å². The molecule has 1 atom stereocenters. The molecule has 0 spiro atoms. The lowest BCUT2D eigenvalue weighted by molar-refractivity contribution is -0.134. The Hall–Kier alpha value is -3.41. The van der Waals surface area contributed by atoms with E-state index in [4.69, 9.17) is 9.68 Å². The van der Waals surface area contributed by atoms with Gasteiger partial charge in [0.25, 0.3) is 5.91 Å². The molecule has 2 aromatic heterocycles. The Morgan fingerprint density at radius 3 is 2.73 bits per heavy atom. The van der Waals surface area contributed by atoms with Crippen LogP contribution in [0.1, 0.15) is 35.1 Å². The van der Waals surface area contributed by atoms with Gasteiger partial charge in [-0.05, 0) is 54.3 Å². The number of nitriles is 1. The van der Waals surface area contributed by atoms with Crippen LogP contribution < -0.4 is 4.90 Å². The molecule has 168 valence electrons. The highest BCUT2D eigenvalue weighted by Crippen LogP contribution is 2.35. The predicted octanol–water partition coefficient (Wildman–Crippen LogP) is 4.10. The molecule has 2 aliphatic heterocycles. The zero-order valence-corrected chi connectivity index (χ0v) is 19.1. The van der Waals surface area contributed by atoms with Gasteiger partial charge >= 0.3 is 0 Å². The Bertz CT molecular complexity index is 1150. The predicted molar refractivity (Wildman–Crippen MR) is 128 cm³/mol. The van der Waals surface area contributed by atoms with Crippen molar-refractivity contribution in [2.24, 2.45) is 5.10 Å². The van der Waals surface area contributed by atoms with Crippen molar-refractivity contribution < 1.29 is 9.21 Å². The number of carbonyl (C=O) groups is 1. The van der Waals surface area contributed by atoms with Crippen molar-refractivity contribution in [2.45, 2.75) is 18.9 Å². The zero-order valence-electron chi connectivity index (χ0n) is 18.3. The molecule has 0 bridgehead atoms. The van der Waals surface area contributed by atoms with Gasteiger partial charge in [-0.1, -0.05) is 6.07 Å². The number of benzene rings is 1. The molecular formula is C25H25N5O2S. The van der Waals surface area contributed by atoms with E-state index in [0.717, 1.165) is 54.6 Å². The molecular weight excluding hydrogens is 434 g/mol. The summed E-state index contributed by atoms with van der Waals surface area (Å²) in [5.74, 6) is 0.737. The lowest BCUT2D eigenvalue weighted by atomic mass is 10.1. The van der Waals surface area contributed by atoms with Gasteiger partial charge in [0.1, 0.15) is 11.5 Å². The number of thiophene rings is 1. The first-order valence-corrected chi connectivity index (χ1v) is 12.0. The maximum atomic E-state index is 13.4. The highest BCUT2D eigenvalue weighted by molar-refractivity contribution is 7.10. The number of hydrogen-bond acceptors (Lipinski definition) is 7. The van der Waals surface area contributed by atoms with Crippen molar-refractivity contribution in [3.05, 3.63) is 76.4 Å². The number of carbonyl (C=O) groups excluding carboxylic acids is 1. The van der Waals surface area contributed by atoms with E-state index in [1.54, 1.807) is 22.6 Å². The Kier molecular flexibility index (Phi) is 6.24. The van der Waals surface area contributed by atoms with E-state index in [-0.39, 0.29) is 11.9 Å². The van der Waals surface area contributed by atoms with Crippen molar-refractivity contribution in [3.8, 4) is 6.07 Å². The minimum Gasteiger partial charge on any atom is -0.463 e. The summed E-state index contributed by atoms with van der Waals surface area (Å²) in [5.41, 5.74) is 2.60. The fourth-order valence-electron chi connectivity index (χ4n) is 4.43. The first-order chi connectivity index (χ1) is 16.2. The quantitative estimate of drug-likeness (QED) is 0.574. The van der Waals surface area contributed by atoms with Crippen LogP contribution in [0.2, 0.25) is 0 Å². The minimum absolute atomic E-state index is 0.0155. The Morgan fingerprint density at radius 1 is 1.12 bits per heavy atom. The average Bonchev–Trinajstić information content (AvgIpc) is 3.59. The van der Waals surface area contributed by atoms with Crippen molar-refractivity contribution in [3.63, 3.8) is 0 Å². The van der Waals surface area contributed by atoms with Gasteiger partial charge in [0, 0.05) is 43.2 Å². The number of amides is 1. The summed E-state index contributed by atoms with van der Waals surface area (Å²) in [5, 5.41) is 17.4. The molecule has 4 heterocycles. The van der Waals surface area contributed by atoms with Crippen molar-refractivity contribution >= 4 is 28.6 Å². The van der Waals surface area contributed by atoms with Gasteiger partial charge in [0.15, 0.2) is 0 Å². The van der Waals surface area contributed by atoms with Crippen LogP contribution in [-0.2, 0) is 4.79 Å². The van der Waals surface area contributed by atoms with Crippen molar-refractivity contribution in [1.82, 2.24) is 9.91 Å². The molecule has 0 saturated carbocycles. The van der Waals surface area contributed by atoms with Crippen LogP contribution in [0.4, 0.5) is 5.69 Å². The number of anilines is 1. The summed E-state index contributed by atoms with van der Waals surface area (Å²) >= 11 is 1.65. The van der Waals surface area contributed by atoms with E-state index in [0.29, 0.717) is 18.5 Å². The van der Waals surface area contributed by atoms with Crippen LogP contribution in [0.5, 0.6) is 0 Å². The number of furan rings is 1. The molecule has 33 heavy (non-hydrogen) atoms. The van der Waals surface area contributed by atoms with E-state index >= 15 is 0 Å². The normalized spacial score (nSPS) is 19.2. The summed E-state index contributed by atoms with van der Waals surface area (Å²) in [6.45, 7) is 3.79. The van der Waals surface area contributed by atoms with Crippen LogP contribution in [0.25, 0.3) is 0 Å². The highest BCUT2D eigenvalue weighted by Gasteiger charge is 2.35. The molecule has 2 aliphatic rings.